The van der Waals surface area contributed by atoms with Crippen molar-refractivity contribution in [1.82, 2.24) is 10.3 Å². The first-order valence-corrected chi connectivity index (χ1v) is 5.92. The largest absolute Gasteiger partial charge is 0.465 e. The van der Waals surface area contributed by atoms with Crippen LogP contribution < -0.4 is 10.6 Å². The van der Waals surface area contributed by atoms with Crippen LogP contribution in [0, 0.1) is 0 Å². The maximum Gasteiger partial charge on any atom is 0.349 e. The van der Waals surface area contributed by atoms with Gasteiger partial charge in [0.25, 0.3) is 0 Å². The van der Waals surface area contributed by atoms with Gasteiger partial charge in [0.1, 0.15) is 4.88 Å². The lowest BCUT2D eigenvalue weighted by Gasteiger charge is -2.08. The second-order valence-corrected chi connectivity index (χ2v) is 4.63. The lowest BCUT2D eigenvalue weighted by Crippen LogP contribution is -2.34. The summed E-state index contributed by atoms with van der Waals surface area (Å²) >= 11 is 1.15. The highest BCUT2D eigenvalue weighted by Crippen LogP contribution is 2.18. The lowest BCUT2D eigenvalue weighted by molar-refractivity contribution is -0.119. The van der Waals surface area contributed by atoms with Crippen LogP contribution in [0.25, 0.3) is 0 Å². The summed E-state index contributed by atoms with van der Waals surface area (Å²) < 4.78 is 4.55. The third-order valence-corrected chi connectivity index (χ3v) is 2.68. The van der Waals surface area contributed by atoms with Gasteiger partial charge in [-0.2, -0.15) is 0 Å². The second kappa shape index (κ2) is 6.19. The molecule has 1 heterocycles. The number of methoxy groups -OCH3 is 1. The van der Waals surface area contributed by atoms with E-state index in [0.29, 0.717) is 10.0 Å². The molecule has 94 valence electrons. The Balaban J connectivity index is 2.45. The maximum atomic E-state index is 11.3. The van der Waals surface area contributed by atoms with Crippen LogP contribution in [0.2, 0.25) is 0 Å². The molecule has 0 spiro atoms. The summed E-state index contributed by atoms with van der Waals surface area (Å²) in [6.45, 7) is 3.90. The fraction of sp³-hybridized carbons (Fsp3) is 0.500. The number of amides is 1. The standard InChI is InChI=1S/C10H15N3O3S/c1-6(2)13-8(14)5-12-10-11-4-7(17-10)9(15)16-3/h4,6H,5H2,1-3H3,(H,11,12)(H,13,14). The molecule has 0 unspecified atom stereocenters. The first-order valence-electron chi connectivity index (χ1n) is 5.10. The number of anilines is 1. The Bertz CT molecular complexity index is 403. The zero-order valence-corrected chi connectivity index (χ0v) is 10.8. The van der Waals surface area contributed by atoms with E-state index < -0.39 is 5.97 Å². The second-order valence-electron chi connectivity index (χ2n) is 3.60. The van der Waals surface area contributed by atoms with Crippen molar-refractivity contribution in [2.75, 3.05) is 19.0 Å². The van der Waals surface area contributed by atoms with Crippen molar-refractivity contribution < 1.29 is 14.3 Å². The summed E-state index contributed by atoms with van der Waals surface area (Å²) in [5.74, 6) is -0.544. The molecule has 17 heavy (non-hydrogen) atoms. The summed E-state index contributed by atoms with van der Waals surface area (Å²) in [6.07, 6.45) is 1.42. The highest BCUT2D eigenvalue weighted by Gasteiger charge is 2.11. The summed E-state index contributed by atoms with van der Waals surface area (Å²) in [5, 5.41) is 6.09. The van der Waals surface area contributed by atoms with Gasteiger partial charge in [-0.15, -0.1) is 0 Å². The van der Waals surface area contributed by atoms with Crippen molar-refractivity contribution in [2.45, 2.75) is 19.9 Å². The van der Waals surface area contributed by atoms with Crippen LogP contribution in [0.4, 0.5) is 5.13 Å². The molecule has 0 atom stereocenters. The van der Waals surface area contributed by atoms with Gasteiger partial charge in [-0.25, -0.2) is 9.78 Å². The molecule has 1 amide bonds. The molecule has 0 saturated heterocycles. The molecular weight excluding hydrogens is 242 g/mol. The monoisotopic (exact) mass is 257 g/mol. The molecule has 7 heteroatoms. The van der Waals surface area contributed by atoms with Gasteiger partial charge in [0.05, 0.1) is 19.9 Å². The first-order chi connectivity index (χ1) is 8.02. The SMILES string of the molecule is COC(=O)c1cnc(NCC(=O)NC(C)C)s1. The quantitative estimate of drug-likeness (QED) is 0.765. The van der Waals surface area contributed by atoms with Gasteiger partial charge < -0.3 is 15.4 Å². The minimum Gasteiger partial charge on any atom is -0.465 e. The number of rotatable bonds is 5. The zero-order chi connectivity index (χ0) is 12.8. The van der Waals surface area contributed by atoms with E-state index in [9.17, 15) is 9.59 Å². The number of aromatic nitrogens is 1. The van der Waals surface area contributed by atoms with Crippen LogP contribution in [0.3, 0.4) is 0 Å². The number of ether oxygens (including phenoxy) is 1. The number of carbonyl (C=O) groups excluding carboxylic acids is 2. The van der Waals surface area contributed by atoms with E-state index in [1.54, 1.807) is 0 Å². The molecule has 1 rings (SSSR count). The minimum atomic E-state index is -0.429. The van der Waals surface area contributed by atoms with E-state index in [2.05, 4.69) is 20.4 Å². The predicted octanol–water partition coefficient (Wildman–Crippen LogP) is 0.866. The highest BCUT2D eigenvalue weighted by molar-refractivity contribution is 7.17. The molecule has 0 fully saturated rings. The lowest BCUT2D eigenvalue weighted by atomic mass is 10.4. The molecule has 0 aliphatic heterocycles. The number of nitrogens with one attached hydrogen (secondary N) is 2. The van der Waals surface area contributed by atoms with E-state index in [1.807, 2.05) is 13.8 Å². The fourth-order valence-electron chi connectivity index (χ4n) is 1.08. The van der Waals surface area contributed by atoms with Crippen LogP contribution in [0.1, 0.15) is 23.5 Å². The zero-order valence-electron chi connectivity index (χ0n) is 9.94. The predicted molar refractivity (Wildman–Crippen MR) is 65.2 cm³/mol. The Hall–Kier alpha value is -1.63. The Morgan fingerprint density at radius 2 is 2.24 bits per heavy atom. The molecule has 2 N–H and O–H groups in total. The van der Waals surface area contributed by atoms with Crippen molar-refractivity contribution in [3.05, 3.63) is 11.1 Å². The average molecular weight is 257 g/mol. The number of hydrogen-bond donors (Lipinski definition) is 2. The number of hydrogen-bond acceptors (Lipinski definition) is 6. The number of carbonyl (C=O) groups is 2. The van der Waals surface area contributed by atoms with Crippen LogP contribution in [0.5, 0.6) is 0 Å². The first kappa shape index (κ1) is 13.4. The Labute approximate surface area is 103 Å². The molecule has 0 aliphatic rings. The third-order valence-electron chi connectivity index (χ3n) is 1.74. The van der Waals surface area contributed by atoms with Crippen LogP contribution in [-0.4, -0.2) is 36.6 Å². The summed E-state index contributed by atoms with van der Waals surface area (Å²) in [5.41, 5.74) is 0. The molecule has 0 aliphatic carbocycles. The molecule has 1 aromatic rings. The normalized spacial score (nSPS) is 10.1. The van der Waals surface area contributed by atoms with Gasteiger partial charge in [0.15, 0.2) is 5.13 Å². The highest BCUT2D eigenvalue weighted by atomic mass is 32.1. The minimum absolute atomic E-state index is 0.103. The molecule has 0 radical (unpaired) electrons. The van der Waals surface area contributed by atoms with Gasteiger partial charge in [-0.05, 0) is 13.8 Å². The molecule has 1 aromatic heterocycles. The number of thiazole rings is 1. The van der Waals surface area contributed by atoms with Crippen molar-refractivity contribution in [1.29, 1.82) is 0 Å². The smallest absolute Gasteiger partial charge is 0.349 e. The Kier molecular flexibility index (Phi) is 4.89. The van der Waals surface area contributed by atoms with Crippen LogP contribution >= 0.6 is 11.3 Å². The average Bonchev–Trinajstić information content (AvgIpc) is 2.73. The Morgan fingerprint density at radius 1 is 1.53 bits per heavy atom. The molecule has 0 bridgehead atoms. The third kappa shape index (κ3) is 4.39. The summed E-state index contributed by atoms with van der Waals surface area (Å²) in [6, 6.07) is 0.103. The van der Waals surface area contributed by atoms with Crippen molar-refractivity contribution in [2.24, 2.45) is 0 Å². The summed E-state index contributed by atoms with van der Waals surface area (Å²) in [7, 11) is 1.31. The van der Waals surface area contributed by atoms with Crippen molar-refractivity contribution in [3.63, 3.8) is 0 Å². The molecule has 0 saturated carbocycles. The van der Waals surface area contributed by atoms with Crippen molar-refractivity contribution in [3.8, 4) is 0 Å². The van der Waals surface area contributed by atoms with Gasteiger partial charge in [-0.3, -0.25) is 4.79 Å². The molecule has 0 aromatic carbocycles. The van der Waals surface area contributed by atoms with Crippen molar-refractivity contribution >= 4 is 28.3 Å². The van der Waals surface area contributed by atoms with E-state index in [0.717, 1.165) is 11.3 Å². The van der Waals surface area contributed by atoms with Gasteiger partial charge in [0, 0.05) is 6.04 Å². The van der Waals surface area contributed by atoms with Gasteiger partial charge >= 0.3 is 5.97 Å². The van der Waals surface area contributed by atoms with Crippen LogP contribution in [-0.2, 0) is 9.53 Å². The van der Waals surface area contributed by atoms with E-state index in [1.165, 1.54) is 13.3 Å². The number of esters is 1. The van der Waals surface area contributed by atoms with Crippen LogP contribution in [0.15, 0.2) is 6.20 Å². The topological polar surface area (TPSA) is 80.3 Å². The fourth-order valence-corrected chi connectivity index (χ4v) is 1.81. The summed E-state index contributed by atoms with van der Waals surface area (Å²) in [4.78, 5) is 26.9. The van der Waals surface area contributed by atoms with E-state index >= 15 is 0 Å². The van der Waals surface area contributed by atoms with Gasteiger partial charge in [-0.1, -0.05) is 11.3 Å². The van der Waals surface area contributed by atoms with Gasteiger partial charge in [0.2, 0.25) is 5.91 Å². The van der Waals surface area contributed by atoms with E-state index in [-0.39, 0.29) is 18.5 Å². The molecule has 6 nitrogen and oxygen atoms in total. The van der Waals surface area contributed by atoms with E-state index in [4.69, 9.17) is 0 Å². The Morgan fingerprint density at radius 3 is 2.82 bits per heavy atom. The maximum absolute atomic E-state index is 11.3. The molecular formula is C10H15N3O3S. The number of nitrogens with zero attached hydrogens (tertiary/aromatic N) is 1.